The van der Waals surface area contributed by atoms with Crippen LogP contribution in [-0.2, 0) is 0 Å². The number of para-hydroxylation sites is 2. The van der Waals surface area contributed by atoms with Crippen molar-refractivity contribution in [3.05, 3.63) is 139 Å². The van der Waals surface area contributed by atoms with Crippen molar-refractivity contribution in [1.29, 1.82) is 0 Å². The van der Waals surface area contributed by atoms with Gasteiger partial charge in [0.15, 0.2) is 0 Å². The summed E-state index contributed by atoms with van der Waals surface area (Å²) < 4.78 is 3.11. The molecule has 0 aliphatic carbocycles. The molecule has 2 aromatic heterocycles. The number of aryl methyl sites for hydroxylation is 2. The summed E-state index contributed by atoms with van der Waals surface area (Å²) in [5, 5.41) is 6.50. The van der Waals surface area contributed by atoms with Crippen LogP contribution in [0.2, 0.25) is 0 Å². The zero-order valence-corrected chi connectivity index (χ0v) is 20.9. The molecule has 6 heteroatoms. The Morgan fingerprint density at radius 1 is 0.611 bits per heavy atom. The van der Waals surface area contributed by atoms with Gasteiger partial charge in [0.05, 0.1) is 22.5 Å². The topological polar surface area (TPSA) is 75.6 Å². The van der Waals surface area contributed by atoms with Gasteiger partial charge in [0.25, 0.3) is 11.1 Å². The van der Waals surface area contributed by atoms with Crippen LogP contribution >= 0.6 is 0 Å². The van der Waals surface area contributed by atoms with Crippen LogP contribution in [-0.4, -0.2) is 19.6 Å². The third-order valence-electron chi connectivity index (χ3n) is 6.75. The van der Waals surface area contributed by atoms with E-state index in [1.807, 2.05) is 86.6 Å². The Bertz CT molecular complexity index is 1520. The molecular formula is C30H30N4O2. The molecule has 6 nitrogen and oxygen atoms in total. The fourth-order valence-electron chi connectivity index (χ4n) is 4.89. The van der Waals surface area contributed by atoms with Gasteiger partial charge in [0.2, 0.25) is 0 Å². The van der Waals surface area contributed by atoms with Gasteiger partial charge in [-0.25, -0.2) is 9.36 Å². The molecule has 0 saturated heterocycles. The fraction of sp³-hybridized carbons (Fsp3) is 0.200. The summed E-state index contributed by atoms with van der Waals surface area (Å²) in [7, 11) is 0. The van der Waals surface area contributed by atoms with Crippen molar-refractivity contribution in [2.45, 2.75) is 39.5 Å². The normalized spacial score (nSPS) is 11.5. The van der Waals surface area contributed by atoms with Crippen LogP contribution in [0.1, 0.15) is 59.3 Å². The van der Waals surface area contributed by atoms with Crippen molar-refractivity contribution in [3.63, 3.8) is 0 Å². The van der Waals surface area contributed by atoms with Crippen molar-refractivity contribution >= 4 is 0 Å². The van der Waals surface area contributed by atoms with Gasteiger partial charge in [0, 0.05) is 17.3 Å². The van der Waals surface area contributed by atoms with Crippen molar-refractivity contribution < 1.29 is 0 Å². The molecular weight excluding hydrogens is 448 g/mol. The quantitative estimate of drug-likeness (QED) is 0.335. The second-order valence-corrected chi connectivity index (χ2v) is 9.51. The van der Waals surface area contributed by atoms with E-state index in [2.05, 4.69) is 36.2 Å². The molecule has 0 unspecified atom stereocenters. The zero-order valence-electron chi connectivity index (χ0n) is 20.9. The van der Waals surface area contributed by atoms with Crippen molar-refractivity contribution in [3.8, 4) is 11.4 Å². The smallest absolute Gasteiger partial charge is 0.275 e. The van der Waals surface area contributed by atoms with Gasteiger partial charge >= 0.3 is 0 Å². The number of hydrogen-bond donors (Lipinski definition) is 2. The highest BCUT2D eigenvalue weighted by atomic mass is 16.1. The summed E-state index contributed by atoms with van der Waals surface area (Å²) in [6, 6.07) is 27.2. The van der Waals surface area contributed by atoms with E-state index in [0.29, 0.717) is 17.0 Å². The molecule has 2 N–H and O–H groups in total. The third kappa shape index (κ3) is 4.05. The van der Waals surface area contributed by atoms with Gasteiger partial charge in [0.1, 0.15) is 0 Å². The minimum Gasteiger partial charge on any atom is -0.295 e. The summed E-state index contributed by atoms with van der Waals surface area (Å²) in [6.07, 6.45) is 0. The molecule has 3 aromatic carbocycles. The summed E-state index contributed by atoms with van der Waals surface area (Å²) in [4.78, 5) is 27.8. The largest absolute Gasteiger partial charge is 0.295 e. The highest BCUT2D eigenvalue weighted by molar-refractivity contribution is 5.48. The summed E-state index contributed by atoms with van der Waals surface area (Å²) in [6.45, 7) is 8.07. The van der Waals surface area contributed by atoms with Crippen molar-refractivity contribution in [1.82, 2.24) is 19.6 Å². The van der Waals surface area contributed by atoms with Gasteiger partial charge in [-0.2, -0.15) is 0 Å². The standard InChI is InChI=1S/C30H30N4O2/c1-19(2)22-12-11-13-23(18-22)28(26-20(3)31-33(29(26)35)24-14-7-5-8-15-24)27-21(4)32-34(30(27)36)25-16-9-6-10-17-25/h5-19,28,31-32H,1-4H3. The predicted molar refractivity (Wildman–Crippen MR) is 144 cm³/mol. The SMILES string of the molecule is Cc1[nH]n(-c2ccccc2)c(=O)c1C(c1cccc(C(C)C)c1)c1c(C)[nH]n(-c2ccccc2)c1=O. The van der Waals surface area contributed by atoms with E-state index in [4.69, 9.17) is 0 Å². The van der Waals surface area contributed by atoms with Crippen LogP contribution in [0, 0.1) is 13.8 Å². The number of H-pyrrole nitrogens is 2. The van der Waals surface area contributed by atoms with E-state index in [1.54, 1.807) is 9.36 Å². The van der Waals surface area contributed by atoms with Gasteiger partial charge in [-0.05, 0) is 55.2 Å². The molecule has 0 radical (unpaired) electrons. The summed E-state index contributed by atoms with van der Waals surface area (Å²) in [5.74, 6) is -0.224. The average molecular weight is 479 g/mol. The monoisotopic (exact) mass is 478 g/mol. The van der Waals surface area contributed by atoms with Gasteiger partial charge in [-0.3, -0.25) is 19.8 Å². The fourth-order valence-corrected chi connectivity index (χ4v) is 4.89. The molecule has 0 aliphatic heterocycles. The minimum absolute atomic E-state index is 0.162. The average Bonchev–Trinajstić information content (AvgIpc) is 3.36. The molecule has 0 atom stereocenters. The molecule has 0 fully saturated rings. The molecule has 36 heavy (non-hydrogen) atoms. The van der Waals surface area contributed by atoms with E-state index < -0.39 is 5.92 Å². The number of aromatic amines is 2. The zero-order chi connectivity index (χ0) is 25.4. The Morgan fingerprint density at radius 2 is 1.06 bits per heavy atom. The third-order valence-corrected chi connectivity index (χ3v) is 6.75. The summed E-state index contributed by atoms with van der Waals surface area (Å²) in [5.41, 5.74) is 5.85. The second kappa shape index (κ2) is 9.38. The van der Waals surface area contributed by atoms with E-state index in [9.17, 15) is 9.59 Å². The molecule has 5 rings (SSSR count). The van der Waals surface area contributed by atoms with E-state index in [1.165, 1.54) is 0 Å². The molecule has 0 amide bonds. The molecule has 5 aromatic rings. The Labute approximate surface area is 209 Å². The minimum atomic E-state index is -0.536. The second-order valence-electron chi connectivity index (χ2n) is 9.51. The predicted octanol–water partition coefficient (Wildman–Crippen LogP) is 5.57. The maximum Gasteiger partial charge on any atom is 0.275 e. The summed E-state index contributed by atoms with van der Waals surface area (Å²) >= 11 is 0. The number of rotatable bonds is 6. The first-order chi connectivity index (χ1) is 17.4. The molecule has 0 saturated carbocycles. The molecule has 0 spiro atoms. The van der Waals surface area contributed by atoms with Gasteiger partial charge < -0.3 is 0 Å². The molecule has 2 heterocycles. The maximum absolute atomic E-state index is 13.9. The number of benzene rings is 3. The van der Waals surface area contributed by atoms with Crippen LogP contribution < -0.4 is 11.1 Å². The molecule has 0 aliphatic rings. The highest BCUT2D eigenvalue weighted by Crippen LogP contribution is 2.33. The lowest BCUT2D eigenvalue weighted by Gasteiger charge is -2.18. The van der Waals surface area contributed by atoms with Crippen LogP contribution in [0.3, 0.4) is 0 Å². The maximum atomic E-state index is 13.9. The first kappa shape index (κ1) is 23.4. The first-order valence-electron chi connectivity index (χ1n) is 12.2. The van der Waals surface area contributed by atoms with Crippen molar-refractivity contribution in [2.75, 3.05) is 0 Å². The van der Waals surface area contributed by atoms with E-state index in [0.717, 1.165) is 33.9 Å². The van der Waals surface area contributed by atoms with Crippen LogP contribution in [0.5, 0.6) is 0 Å². The van der Waals surface area contributed by atoms with Crippen LogP contribution in [0.25, 0.3) is 11.4 Å². The lowest BCUT2D eigenvalue weighted by Crippen LogP contribution is -2.25. The number of hydrogen-bond acceptors (Lipinski definition) is 2. The Kier molecular flexibility index (Phi) is 6.10. The van der Waals surface area contributed by atoms with Gasteiger partial charge in [-0.1, -0.05) is 74.5 Å². The Balaban J connectivity index is 1.79. The number of nitrogens with zero attached hydrogens (tertiary/aromatic N) is 2. The molecule has 182 valence electrons. The van der Waals surface area contributed by atoms with Crippen LogP contribution in [0.15, 0.2) is 94.5 Å². The van der Waals surface area contributed by atoms with E-state index in [-0.39, 0.29) is 11.1 Å². The van der Waals surface area contributed by atoms with Crippen LogP contribution in [0.4, 0.5) is 0 Å². The lowest BCUT2D eigenvalue weighted by molar-refractivity contribution is 0.829. The van der Waals surface area contributed by atoms with Gasteiger partial charge in [-0.15, -0.1) is 0 Å². The number of nitrogens with one attached hydrogen (secondary N) is 2. The Hall–Kier alpha value is -4.32. The van der Waals surface area contributed by atoms with E-state index >= 15 is 0 Å². The first-order valence-corrected chi connectivity index (χ1v) is 12.2. The van der Waals surface area contributed by atoms with Crippen molar-refractivity contribution in [2.24, 2.45) is 0 Å². The molecule has 0 bridgehead atoms. The highest BCUT2D eigenvalue weighted by Gasteiger charge is 2.31. The Morgan fingerprint density at radius 3 is 1.50 bits per heavy atom. The lowest BCUT2D eigenvalue weighted by atomic mass is 9.84. The number of aromatic nitrogens is 4.